The molecule has 0 unspecified atom stereocenters. The lowest BCUT2D eigenvalue weighted by atomic mass is 9.98. The summed E-state index contributed by atoms with van der Waals surface area (Å²) in [5.74, 6) is -0.157. The van der Waals surface area contributed by atoms with Crippen molar-refractivity contribution in [2.24, 2.45) is 5.92 Å². The van der Waals surface area contributed by atoms with Gasteiger partial charge in [-0.1, -0.05) is 12.8 Å². The number of ketones is 1. The number of methoxy groups -OCH3 is 1. The fourth-order valence-corrected chi connectivity index (χ4v) is 2.19. The third kappa shape index (κ3) is 2.01. The van der Waals surface area contributed by atoms with E-state index in [4.69, 9.17) is 0 Å². The zero-order chi connectivity index (χ0) is 11.5. The molecule has 0 amide bonds. The molecule has 4 nitrogen and oxygen atoms in total. The second-order valence-corrected chi connectivity index (χ2v) is 4.14. The van der Waals surface area contributed by atoms with Crippen LogP contribution in [0, 0.1) is 5.92 Å². The van der Waals surface area contributed by atoms with Gasteiger partial charge in [-0.2, -0.15) is 0 Å². The van der Waals surface area contributed by atoms with Gasteiger partial charge in [0.15, 0.2) is 5.78 Å². The smallest absolute Gasteiger partial charge is 0.354 e. The molecule has 86 valence electrons. The predicted molar refractivity (Wildman–Crippen MR) is 58.4 cm³/mol. The number of carbonyl (C=O) groups is 2. The highest BCUT2D eigenvalue weighted by atomic mass is 16.5. The summed E-state index contributed by atoms with van der Waals surface area (Å²) in [5, 5.41) is 0. The summed E-state index contributed by atoms with van der Waals surface area (Å²) in [7, 11) is 1.32. The highest BCUT2D eigenvalue weighted by molar-refractivity contribution is 6.00. The molecule has 1 heterocycles. The first-order valence-electron chi connectivity index (χ1n) is 5.53. The molecule has 1 aromatic rings. The van der Waals surface area contributed by atoms with Crippen LogP contribution in [0.4, 0.5) is 0 Å². The van der Waals surface area contributed by atoms with E-state index in [-0.39, 0.29) is 11.7 Å². The minimum atomic E-state index is -0.439. The lowest BCUT2D eigenvalue weighted by Gasteiger charge is -2.04. The summed E-state index contributed by atoms with van der Waals surface area (Å²) in [4.78, 5) is 26.0. The molecule has 0 aromatic carbocycles. The van der Waals surface area contributed by atoms with E-state index in [0.29, 0.717) is 11.3 Å². The lowest BCUT2D eigenvalue weighted by Crippen LogP contribution is -2.10. The number of rotatable bonds is 3. The van der Waals surface area contributed by atoms with Crippen LogP contribution in [-0.4, -0.2) is 23.8 Å². The van der Waals surface area contributed by atoms with E-state index in [1.807, 2.05) is 0 Å². The van der Waals surface area contributed by atoms with Crippen LogP contribution in [-0.2, 0) is 4.74 Å². The molecule has 0 bridgehead atoms. The standard InChI is InChI=1S/C12H15NO3/c1-16-12(15)10-6-9(7-13-10)11(14)8-4-2-3-5-8/h6-8,13H,2-5H2,1H3. The zero-order valence-corrected chi connectivity index (χ0v) is 9.29. The molecular formula is C12H15NO3. The Kier molecular flexibility index (Phi) is 3.08. The second-order valence-electron chi connectivity index (χ2n) is 4.14. The van der Waals surface area contributed by atoms with Crippen LogP contribution in [0.5, 0.6) is 0 Å². The van der Waals surface area contributed by atoms with Gasteiger partial charge in [0.2, 0.25) is 0 Å². The minimum absolute atomic E-state index is 0.140. The number of aromatic amines is 1. The number of H-pyrrole nitrogens is 1. The number of aromatic nitrogens is 1. The van der Waals surface area contributed by atoms with Crippen molar-refractivity contribution in [2.45, 2.75) is 25.7 Å². The quantitative estimate of drug-likeness (QED) is 0.628. The number of nitrogens with one attached hydrogen (secondary N) is 1. The Hall–Kier alpha value is -1.58. The third-order valence-corrected chi connectivity index (χ3v) is 3.10. The molecule has 1 aliphatic carbocycles. The van der Waals surface area contributed by atoms with E-state index in [2.05, 4.69) is 9.72 Å². The van der Waals surface area contributed by atoms with Gasteiger partial charge in [0, 0.05) is 17.7 Å². The third-order valence-electron chi connectivity index (χ3n) is 3.10. The van der Waals surface area contributed by atoms with Crippen molar-refractivity contribution in [1.82, 2.24) is 4.98 Å². The number of Topliss-reactive ketones (excluding diaryl/α,β-unsaturated/α-hetero) is 1. The molecule has 0 saturated heterocycles. The van der Waals surface area contributed by atoms with Crippen LogP contribution in [0.15, 0.2) is 12.3 Å². The van der Waals surface area contributed by atoms with Crippen molar-refractivity contribution >= 4 is 11.8 Å². The maximum atomic E-state index is 12.0. The number of esters is 1. The zero-order valence-electron chi connectivity index (χ0n) is 9.29. The monoisotopic (exact) mass is 221 g/mol. The van der Waals surface area contributed by atoms with Crippen LogP contribution in [0.1, 0.15) is 46.5 Å². The summed E-state index contributed by atoms with van der Waals surface area (Å²) < 4.78 is 4.57. The van der Waals surface area contributed by atoms with E-state index in [0.717, 1.165) is 25.7 Å². The molecule has 0 spiro atoms. The summed E-state index contributed by atoms with van der Waals surface area (Å²) in [6.45, 7) is 0. The maximum Gasteiger partial charge on any atom is 0.354 e. The lowest BCUT2D eigenvalue weighted by molar-refractivity contribution is 0.0595. The Labute approximate surface area is 94.0 Å². The van der Waals surface area contributed by atoms with Crippen LogP contribution < -0.4 is 0 Å². The minimum Gasteiger partial charge on any atom is -0.464 e. The highest BCUT2D eigenvalue weighted by Crippen LogP contribution is 2.28. The largest absolute Gasteiger partial charge is 0.464 e. The van der Waals surface area contributed by atoms with Crippen molar-refractivity contribution in [3.8, 4) is 0 Å². The van der Waals surface area contributed by atoms with Crippen LogP contribution in [0.3, 0.4) is 0 Å². The molecule has 0 radical (unpaired) electrons. The normalized spacial score (nSPS) is 16.3. The molecule has 1 aromatic heterocycles. The van der Waals surface area contributed by atoms with Crippen molar-refractivity contribution in [3.05, 3.63) is 23.5 Å². The number of hydrogen-bond acceptors (Lipinski definition) is 3. The molecule has 1 aliphatic rings. The van der Waals surface area contributed by atoms with E-state index < -0.39 is 5.97 Å². The van der Waals surface area contributed by atoms with Crippen molar-refractivity contribution in [3.63, 3.8) is 0 Å². The second kappa shape index (κ2) is 4.51. The van der Waals surface area contributed by atoms with Gasteiger partial charge in [-0.25, -0.2) is 4.79 Å². The van der Waals surface area contributed by atoms with Gasteiger partial charge < -0.3 is 9.72 Å². The maximum absolute atomic E-state index is 12.0. The van der Waals surface area contributed by atoms with E-state index >= 15 is 0 Å². The molecule has 0 aliphatic heterocycles. The average molecular weight is 221 g/mol. The molecule has 1 N–H and O–H groups in total. The Morgan fingerprint density at radius 2 is 2.06 bits per heavy atom. The SMILES string of the molecule is COC(=O)c1cc(C(=O)C2CCCC2)c[nH]1. The molecule has 2 rings (SSSR count). The first kappa shape index (κ1) is 10.9. The number of hydrogen-bond donors (Lipinski definition) is 1. The summed E-state index contributed by atoms with van der Waals surface area (Å²) in [6, 6.07) is 1.58. The van der Waals surface area contributed by atoms with E-state index in [1.165, 1.54) is 7.11 Å². The average Bonchev–Trinajstić information content (AvgIpc) is 2.97. The van der Waals surface area contributed by atoms with E-state index in [9.17, 15) is 9.59 Å². The Morgan fingerprint density at radius 3 is 2.69 bits per heavy atom. The fourth-order valence-electron chi connectivity index (χ4n) is 2.19. The van der Waals surface area contributed by atoms with Gasteiger partial charge in [-0.05, 0) is 18.9 Å². The van der Waals surface area contributed by atoms with Gasteiger partial charge in [-0.3, -0.25) is 4.79 Å². The topological polar surface area (TPSA) is 59.2 Å². The van der Waals surface area contributed by atoms with Gasteiger partial charge in [-0.15, -0.1) is 0 Å². The summed E-state index contributed by atoms with van der Waals surface area (Å²) >= 11 is 0. The first-order chi connectivity index (χ1) is 7.72. The molecular weight excluding hydrogens is 206 g/mol. The Balaban J connectivity index is 2.11. The molecule has 0 atom stereocenters. The molecule has 1 saturated carbocycles. The molecule has 4 heteroatoms. The van der Waals surface area contributed by atoms with Crippen LogP contribution >= 0.6 is 0 Å². The Morgan fingerprint density at radius 1 is 1.38 bits per heavy atom. The predicted octanol–water partition coefficient (Wildman–Crippen LogP) is 2.17. The van der Waals surface area contributed by atoms with Gasteiger partial charge in [0.1, 0.15) is 5.69 Å². The first-order valence-corrected chi connectivity index (χ1v) is 5.53. The highest BCUT2D eigenvalue weighted by Gasteiger charge is 2.25. The van der Waals surface area contributed by atoms with Crippen molar-refractivity contribution in [1.29, 1.82) is 0 Å². The van der Waals surface area contributed by atoms with Gasteiger partial charge in [0.25, 0.3) is 0 Å². The van der Waals surface area contributed by atoms with Crippen LogP contribution in [0.2, 0.25) is 0 Å². The summed E-state index contributed by atoms with van der Waals surface area (Å²) in [6.07, 6.45) is 5.79. The van der Waals surface area contributed by atoms with Crippen molar-refractivity contribution < 1.29 is 14.3 Å². The van der Waals surface area contributed by atoms with E-state index in [1.54, 1.807) is 12.3 Å². The number of ether oxygens (including phenoxy) is 1. The van der Waals surface area contributed by atoms with Gasteiger partial charge >= 0.3 is 5.97 Å². The molecule has 16 heavy (non-hydrogen) atoms. The summed E-state index contributed by atoms with van der Waals surface area (Å²) in [5.41, 5.74) is 0.927. The Bertz CT molecular complexity index is 402. The molecule has 1 fully saturated rings. The van der Waals surface area contributed by atoms with Crippen molar-refractivity contribution in [2.75, 3.05) is 7.11 Å². The van der Waals surface area contributed by atoms with Gasteiger partial charge in [0.05, 0.1) is 7.11 Å². The van der Waals surface area contributed by atoms with Crippen LogP contribution in [0.25, 0.3) is 0 Å². The fraction of sp³-hybridized carbons (Fsp3) is 0.500. The number of carbonyl (C=O) groups excluding carboxylic acids is 2.